The molecule has 1 fully saturated rings. The molecule has 2 aliphatic heterocycles. The van der Waals surface area contributed by atoms with Crippen molar-refractivity contribution in [1.82, 2.24) is 15.0 Å². The molecule has 1 atom stereocenters. The number of amides is 2. The molecule has 2 aliphatic rings. The molecule has 0 radical (unpaired) electrons. The average Bonchev–Trinajstić information content (AvgIpc) is 3.33. The number of halogens is 8. The van der Waals surface area contributed by atoms with Gasteiger partial charge in [-0.25, -0.2) is 13.8 Å². The van der Waals surface area contributed by atoms with Crippen molar-refractivity contribution in [2.24, 2.45) is 0 Å². The van der Waals surface area contributed by atoms with E-state index in [0.29, 0.717) is 36.9 Å². The van der Waals surface area contributed by atoms with Crippen LogP contribution >= 0.6 is 0 Å². The highest BCUT2D eigenvalue weighted by atomic mass is 19.4. The number of hydrazine groups is 1. The average molecular weight is 627 g/mol. The summed E-state index contributed by atoms with van der Waals surface area (Å²) < 4.78 is 107. The van der Waals surface area contributed by atoms with Crippen LogP contribution in [-0.4, -0.2) is 44.0 Å². The summed E-state index contributed by atoms with van der Waals surface area (Å²) in [5.74, 6) is -4.70. The summed E-state index contributed by atoms with van der Waals surface area (Å²) in [4.78, 5) is 30.5. The van der Waals surface area contributed by atoms with Gasteiger partial charge < -0.3 is 10.4 Å². The summed E-state index contributed by atoms with van der Waals surface area (Å²) in [6.07, 6.45) is -8.23. The molecule has 2 aromatic carbocycles. The number of hydrogen-bond acceptors (Lipinski definition) is 5. The molecule has 0 bridgehead atoms. The van der Waals surface area contributed by atoms with Gasteiger partial charge in [-0.1, -0.05) is 6.07 Å². The highest BCUT2D eigenvalue weighted by Gasteiger charge is 2.52. The Labute approximate surface area is 244 Å². The fourth-order valence-electron chi connectivity index (χ4n) is 5.40. The summed E-state index contributed by atoms with van der Waals surface area (Å²) in [6.45, 7) is 1.42. The Hall–Kier alpha value is -4.53. The van der Waals surface area contributed by atoms with Crippen LogP contribution in [-0.2, 0) is 28.5 Å². The number of aliphatic hydroxyl groups excluding tert-OH is 1. The lowest BCUT2D eigenvalue weighted by Gasteiger charge is -2.46. The lowest BCUT2D eigenvalue weighted by atomic mass is 9.90. The lowest BCUT2D eigenvalue weighted by molar-refractivity contribution is -0.160. The molecule has 0 unspecified atom stereocenters. The smallest absolute Gasteiger partial charge is 0.433 e. The van der Waals surface area contributed by atoms with Gasteiger partial charge in [-0.05, 0) is 61.7 Å². The lowest BCUT2D eigenvalue weighted by Crippen LogP contribution is -2.60. The van der Waals surface area contributed by atoms with Gasteiger partial charge in [-0.15, -0.1) is 0 Å². The van der Waals surface area contributed by atoms with Crippen molar-refractivity contribution in [3.8, 4) is 11.1 Å². The molecule has 1 saturated heterocycles. The van der Waals surface area contributed by atoms with Crippen LogP contribution in [0.5, 0.6) is 0 Å². The summed E-state index contributed by atoms with van der Waals surface area (Å²) in [5, 5.41) is 16.0. The third kappa shape index (κ3) is 5.70. The van der Waals surface area contributed by atoms with Crippen molar-refractivity contribution in [2.45, 2.75) is 44.2 Å². The van der Waals surface area contributed by atoms with E-state index in [1.807, 2.05) is 0 Å². The van der Waals surface area contributed by atoms with E-state index in [4.69, 9.17) is 0 Å². The van der Waals surface area contributed by atoms with E-state index in [1.54, 1.807) is 6.92 Å². The molecule has 5 rings (SSSR count). The van der Waals surface area contributed by atoms with Gasteiger partial charge in [0.05, 0.1) is 17.6 Å². The zero-order valence-corrected chi connectivity index (χ0v) is 22.7. The van der Waals surface area contributed by atoms with Gasteiger partial charge in [-0.2, -0.15) is 26.3 Å². The number of aromatic nitrogens is 1. The highest BCUT2D eigenvalue weighted by Crippen LogP contribution is 2.43. The number of hydrogen-bond donors (Lipinski definition) is 2. The maximum Gasteiger partial charge on any atom is 0.433 e. The van der Waals surface area contributed by atoms with Crippen LogP contribution in [0.3, 0.4) is 0 Å². The molecule has 2 N–H and O–H groups in total. The standard InChI is InChI=1S/C29H22F8N4O3/c1-27-7-2-8-41(27)40(14-15-9-18(30)12-19(31)10-15)26(44)23(24(27)42)25(43)39-21-5-4-17(28(32,33)34)11-20(21)16-3-6-22(38-13-16)29(35,36)37/h3-6,9-13,42H,2,7-8,14H2,1H3,(H,39,43)/t27-/m1/s1. The molecule has 3 heterocycles. The molecular formula is C29H22F8N4O3. The number of nitrogens with one attached hydrogen (secondary N) is 1. The molecule has 0 spiro atoms. The molecule has 0 saturated carbocycles. The first-order chi connectivity index (χ1) is 20.5. The number of alkyl halides is 6. The Morgan fingerprint density at radius 1 is 1.00 bits per heavy atom. The first kappa shape index (κ1) is 30.9. The number of carbonyl (C=O) groups excluding carboxylic acids is 2. The fraction of sp³-hybridized carbons (Fsp3) is 0.276. The predicted octanol–water partition coefficient (Wildman–Crippen LogP) is 6.63. The fourth-order valence-corrected chi connectivity index (χ4v) is 5.40. The number of pyridine rings is 1. The number of fused-ring (bicyclic) bond motifs is 1. The summed E-state index contributed by atoms with van der Waals surface area (Å²) >= 11 is 0. The maximum absolute atomic E-state index is 13.9. The van der Waals surface area contributed by atoms with Gasteiger partial charge in [0.1, 0.15) is 28.7 Å². The summed E-state index contributed by atoms with van der Waals surface area (Å²) in [7, 11) is 0. The Morgan fingerprint density at radius 2 is 1.68 bits per heavy atom. The Balaban J connectivity index is 1.54. The molecule has 3 aromatic rings. The van der Waals surface area contributed by atoms with Crippen molar-refractivity contribution < 1.29 is 49.8 Å². The first-order valence-electron chi connectivity index (χ1n) is 13.0. The number of carbonyl (C=O) groups is 2. The van der Waals surface area contributed by atoms with Crippen LogP contribution in [0.25, 0.3) is 11.1 Å². The third-order valence-electron chi connectivity index (χ3n) is 7.53. The quantitative estimate of drug-likeness (QED) is 0.246. The zero-order valence-electron chi connectivity index (χ0n) is 22.7. The van der Waals surface area contributed by atoms with Crippen LogP contribution < -0.4 is 5.32 Å². The van der Waals surface area contributed by atoms with E-state index >= 15 is 0 Å². The van der Waals surface area contributed by atoms with Crippen LogP contribution in [0, 0.1) is 11.6 Å². The Morgan fingerprint density at radius 3 is 2.27 bits per heavy atom. The van der Waals surface area contributed by atoms with Crippen LogP contribution in [0.15, 0.2) is 66.1 Å². The monoisotopic (exact) mass is 626 g/mol. The van der Waals surface area contributed by atoms with E-state index in [1.165, 1.54) is 5.01 Å². The minimum Gasteiger partial charge on any atom is -0.509 e. The molecule has 1 aromatic heterocycles. The van der Waals surface area contributed by atoms with E-state index < -0.39 is 63.9 Å². The minimum atomic E-state index is -4.85. The van der Waals surface area contributed by atoms with E-state index in [2.05, 4.69) is 10.3 Å². The van der Waals surface area contributed by atoms with Crippen molar-refractivity contribution in [2.75, 3.05) is 11.9 Å². The second-order valence-corrected chi connectivity index (χ2v) is 10.5. The van der Waals surface area contributed by atoms with Crippen molar-refractivity contribution >= 4 is 17.5 Å². The Kier molecular flexibility index (Phi) is 7.64. The van der Waals surface area contributed by atoms with E-state index in [0.717, 1.165) is 29.3 Å². The van der Waals surface area contributed by atoms with Crippen molar-refractivity contribution in [3.63, 3.8) is 0 Å². The topological polar surface area (TPSA) is 85.8 Å². The highest BCUT2D eigenvalue weighted by molar-refractivity contribution is 6.24. The van der Waals surface area contributed by atoms with Gasteiger partial charge in [0.2, 0.25) is 0 Å². The number of anilines is 1. The zero-order chi connectivity index (χ0) is 32.2. The SMILES string of the molecule is C[C@]12CCCN1N(Cc1cc(F)cc(F)c1)C(=O)C(C(=O)Nc1ccc(C(F)(F)F)cc1-c1ccc(C(F)(F)F)nc1)=C2O. The second kappa shape index (κ2) is 10.9. The molecule has 7 nitrogen and oxygen atoms in total. The summed E-state index contributed by atoms with van der Waals surface area (Å²) in [5.41, 5.74) is -5.37. The minimum absolute atomic E-state index is 0.0473. The largest absolute Gasteiger partial charge is 0.509 e. The van der Waals surface area contributed by atoms with E-state index in [9.17, 15) is 49.8 Å². The van der Waals surface area contributed by atoms with Crippen molar-refractivity contribution in [3.05, 3.63) is 94.5 Å². The molecule has 2 amide bonds. The van der Waals surface area contributed by atoms with Gasteiger partial charge in [0, 0.05) is 35.6 Å². The van der Waals surface area contributed by atoms with Gasteiger partial charge in [0.15, 0.2) is 0 Å². The van der Waals surface area contributed by atoms with Crippen LogP contribution in [0.4, 0.5) is 40.8 Å². The van der Waals surface area contributed by atoms with Crippen molar-refractivity contribution in [1.29, 1.82) is 0 Å². The van der Waals surface area contributed by atoms with Gasteiger partial charge in [-0.3, -0.25) is 19.6 Å². The predicted molar refractivity (Wildman–Crippen MR) is 139 cm³/mol. The van der Waals surface area contributed by atoms with Gasteiger partial charge in [0.25, 0.3) is 11.8 Å². The number of nitrogens with zero attached hydrogens (tertiary/aromatic N) is 3. The molecule has 15 heteroatoms. The summed E-state index contributed by atoms with van der Waals surface area (Å²) in [6, 6.07) is 6.14. The number of rotatable bonds is 5. The molecule has 44 heavy (non-hydrogen) atoms. The van der Waals surface area contributed by atoms with Crippen LogP contribution in [0.2, 0.25) is 0 Å². The number of benzene rings is 2. The third-order valence-corrected chi connectivity index (χ3v) is 7.53. The number of aliphatic hydroxyl groups is 1. The molecule has 232 valence electrons. The van der Waals surface area contributed by atoms with Crippen LogP contribution in [0.1, 0.15) is 36.6 Å². The van der Waals surface area contributed by atoms with E-state index in [-0.39, 0.29) is 41.9 Å². The second-order valence-electron chi connectivity index (χ2n) is 10.5. The van der Waals surface area contributed by atoms with Gasteiger partial charge >= 0.3 is 12.4 Å². The Bertz CT molecular complexity index is 1650. The molecular weight excluding hydrogens is 604 g/mol. The normalized spacial score (nSPS) is 19.4. The first-order valence-corrected chi connectivity index (χ1v) is 13.0. The molecule has 0 aliphatic carbocycles. The maximum atomic E-state index is 13.9.